The van der Waals surface area contributed by atoms with Gasteiger partial charge in [0.25, 0.3) is 0 Å². The molecule has 4 rings (SSSR count). The molecule has 0 aliphatic heterocycles. The lowest BCUT2D eigenvalue weighted by Crippen LogP contribution is -2.19. The summed E-state index contributed by atoms with van der Waals surface area (Å²) in [7, 11) is 3.42. The van der Waals surface area contributed by atoms with Crippen molar-refractivity contribution in [1.29, 1.82) is 5.26 Å². The SMILES string of the molecule is CC.CC(C)(C)CC1CCC(c2cccc(Cl)c2F)C1C#N.CNC(C)C.COc1cc(C=O)ccc1NC=O.Fc1ccccc1Cl. The third-order valence-electron chi connectivity index (χ3n) is 7.17. The first-order chi connectivity index (χ1) is 22.7. The summed E-state index contributed by atoms with van der Waals surface area (Å²) in [5, 5.41) is 15.3. The van der Waals surface area contributed by atoms with Crippen molar-refractivity contribution in [3.63, 3.8) is 0 Å². The minimum absolute atomic E-state index is 0.0222. The molecule has 0 spiro atoms. The maximum absolute atomic E-state index is 14.2. The van der Waals surface area contributed by atoms with E-state index in [1.165, 1.54) is 19.2 Å². The third-order valence-corrected chi connectivity index (χ3v) is 7.77. The number of nitrogens with zero attached hydrogens (tertiary/aromatic N) is 1. The summed E-state index contributed by atoms with van der Waals surface area (Å²) in [6.07, 6.45) is 4.14. The average molecular weight is 707 g/mol. The minimum atomic E-state index is -0.367. The number of methoxy groups -OCH3 is 1. The first-order valence-electron chi connectivity index (χ1n) is 16.0. The molecule has 0 radical (unpaired) electrons. The van der Waals surface area contributed by atoms with Gasteiger partial charge in [-0.05, 0) is 79.6 Å². The number of nitriles is 1. The Morgan fingerprint density at radius 2 is 1.60 bits per heavy atom. The molecule has 2 N–H and O–H groups in total. The van der Waals surface area contributed by atoms with Crippen molar-refractivity contribution in [3.05, 3.63) is 93.5 Å². The Labute approximate surface area is 296 Å². The Bertz CT molecular complexity index is 1400. The van der Waals surface area contributed by atoms with Crippen molar-refractivity contribution in [1.82, 2.24) is 5.32 Å². The van der Waals surface area contributed by atoms with Gasteiger partial charge in [0.05, 0.1) is 34.8 Å². The number of hydrogen-bond donors (Lipinski definition) is 2. The predicted molar refractivity (Wildman–Crippen MR) is 195 cm³/mol. The van der Waals surface area contributed by atoms with Gasteiger partial charge in [-0.3, -0.25) is 9.59 Å². The van der Waals surface area contributed by atoms with Crippen molar-refractivity contribution in [2.75, 3.05) is 19.5 Å². The standard InChI is InChI=1S/C17H21ClFN.C9H9NO3.C6H4ClF.C4H11N.C2H6/c1-17(2,3)9-11-7-8-12(14(11)10-20)13-5-4-6-15(18)16(13)19;1-13-9-4-7(5-11)2-3-8(9)10-6-12;7-5-3-1-2-4-6(5)8;1-4(2)5-3;1-2/h4-6,11-12,14H,7-9H2,1-3H3;2-6H,1H3,(H,10,12);1-4H;4-5H,1-3H3;1-2H3. The summed E-state index contributed by atoms with van der Waals surface area (Å²) in [5.74, 6) is -0.0293. The molecule has 0 aromatic heterocycles. The van der Waals surface area contributed by atoms with Crippen LogP contribution in [0.3, 0.4) is 0 Å². The van der Waals surface area contributed by atoms with Gasteiger partial charge in [0.15, 0.2) is 0 Å². The summed E-state index contributed by atoms with van der Waals surface area (Å²) in [4.78, 5) is 20.6. The van der Waals surface area contributed by atoms with Crippen LogP contribution in [-0.2, 0) is 4.79 Å². The van der Waals surface area contributed by atoms with E-state index in [2.05, 4.69) is 51.3 Å². The molecule has 3 atom stereocenters. The van der Waals surface area contributed by atoms with Crippen molar-refractivity contribution in [3.8, 4) is 11.8 Å². The van der Waals surface area contributed by atoms with Gasteiger partial charge in [0, 0.05) is 17.5 Å². The van der Waals surface area contributed by atoms with E-state index in [0.717, 1.165) is 19.3 Å². The fourth-order valence-electron chi connectivity index (χ4n) is 4.85. The second-order valence-corrected chi connectivity index (χ2v) is 13.0. The highest BCUT2D eigenvalue weighted by Crippen LogP contribution is 2.48. The molecule has 10 heteroatoms. The number of benzene rings is 3. The van der Waals surface area contributed by atoms with Crippen LogP contribution in [0.25, 0.3) is 0 Å². The highest BCUT2D eigenvalue weighted by molar-refractivity contribution is 6.31. The lowest BCUT2D eigenvalue weighted by Gasteiger charge is -2.26. The number of aldehydes is 1. The fourth-order valence-corrected chi connectivity index (χ4v) is 5.17. The molecule has 0 heterocycles. The summed E-state index contributed by atoms with van der Waals surface area (Å²) in [6, 6.07) is 19.0. The van der Waals surface area contributed by atoms with E-state index in [-0.39, 0.29) is 38.9 Å². The molecule has 3 aromatic rings. The van der Waals surface area contributed by atoms with Gasteiger partial charge in [-0.15, -0.1) is 0 Å². The quantitative estimate of drug-likeness (QED) is 0.239. The topological polar surface area (TPSA) is 91.2 Å². The summed E-state index contributed by atoms with van der Waals surface area (Å²) < 4.78 is 31.3. The lowest BCUT2D eigenvalue weighted by atomic mass is 9.78. The number of nitrogens with one attached hydrogen (secondary N) is 2. The number of carbonyl (C=O) groups is 2. The third kappa shape index (κ3) is 16.1. The highest BCUT2D eigenvalue weighted by atomic mass is 35.5. The van der Waals surface area contributed by atoms with Crippen LogP contribution in [0.2, 0.25) is 10.0 Å². The van der Waals surface area contributed by atoms with Gasteiger partial charge in [-0.1, -0.05) is 95.9 Å². The highest BCUT2D eigenvalue weighted by Gasteiger charge is 2.40. The van der Waals surface area contributed by atoms with E-state index in [4.69, 9.17) is 27.9 Å². The largest absolute Gasteiger partial charge is 0.495 e. The molecule has 1 amide bonds. The number of rotatable bonds is 7. The molecule has 48 heavy (non-hydrogen) atoms. The van der Waals surface area contributed by atoms with Crippen LogP contribution in [-0.4, -0.2) is 32.9 Å². The molecule has 0 bridgehead atoms. The van der Waals surface area contributed by atoms with Crippen molar-refractivity contribution in [2.45, 2.75) is 79.7 Å². The molecular weight excluding hydrogens is 655 g/mol. The molecule has 6 nitrogen and oxygen atoms in total. The van der Waals surface area contributed by atoms with Crippen LogP contribution < -0.4 is 15.4 Å². The molecule has 264 valence electrons. The number of ether oxygens (including phenoxy) is 1. The van der Waals surface area contributed by atoms with Gasteiger partial charge >= 0.3 is 0 Å². The van der Waals surface area contributed by atoms with Crippen molar-refractivity contribution < 1.29 is 23.1 Å². The zero-order valence-corrected chi connectivity index (χ0v) is 31.1. The Balaban J connectivity index is 0.000000675. The Hall–Kier alpha value is -3.51. The number of amides is 1. The first-order valence-corrected chi connectivity index (χ1v) is 16.7. The Morgan fingerprint density at radius 3 is 2.06 bits per heavy atom. The molecule has 1 aliphatic rings. The zero-order chi connectivity index (χ0) is 36.9. The van der Waals surface area contributed by atoms with Crippen LogP contribution in [0.1, 0.15) is 89.6 Å². The van der Waals surface area contributed by atoms with E-state index in [9.17, 15) is 23.6 Å². The second kappa shape index (κ2) is 23.8. The van der Waals surface area contributed by atoms with E-state index in [1.807, 2.05) is 20.9 Å². The number of carbonyl (C=O) groups excluding carboxylic acids is 2. The van der Waals surface area contributed by atoms with Crippen molar-refractivity contribution >= 4 is 41.6 Å². The molecular formula is C38H51Cl2F2N3O3. The van der Waals surface area contributed by atoms with Crippen LogP contribution >= 0.6 is 23.2 Å². The van der Waals surface area contributed by atoms with E-state index in [0.29, 0.717) is 47.2 Å². The average Bonchev–Trinajstić information content (AvgIpc) is 3.46. The van der Waals surface area contributed by atoms with E-state index in [1.54, 1.807) is 48.5 Å². The second-order valence-electron chi connectivity index (χ2n) is 12.2. The maximum atomic E-state index is 14.2. The molecule has 1 aliphatic carbocycles. The van der Waals surface area contributed by atoms with Crippen molar-refractivity contribution in [2.24, 2.45) is 17.3 Å². The van der Waals surface area contributed by atoms with Gasteiger partial charge in [-0.2, -0.15) is 5.26 Å². The Morgan fingerprint density at radius 1 is 1.00 bits per heavy atom. The predicted octanol–water partition coefficient (Wildman–Crippen LogP) is 10.7. The van der Waals surface area contributed by atoms with E-state index < -0.39 is 0 Å². The lowest BCUT2D eigenvalue weighted by molar-refractivity contribution is -0.105. The molecule has 0 saturated heterocycles. The normalized spacial score (nSPS) is 16.1. The summed E-state index contributed by atoms with van der Waals surface area (Å²) in [6.45, 7) is 14.8. The molecule has 3 unspecified atom stereocenters. The van der Waals surface area contributed by atoms with Gasteiger partial charge in [0.2, 0.25) is 6.41 Å². The first kappa shape index (κ1) is 44.5. The van der Waals surface area contributed by atoms with E-state index >= 15 is 0 Å². The zero-order valence-electron chi connectivity index (χ0n) is 29.5. The minimum Gasteiger partial charge on any atom is -0.495 e. The Kier molecular flexibility index (Phi) is 22.0. The maximum Gasteiger partial charge on any atom is 0.211 e. The van der Waals surface area contributed by atoms with Gasteiger partial charge < -0.3 is 15.4 Å². The fraction of sp³-hybridized carbons (Fsp3) is 0.447. The van der Waals surface area contributed by atoms with Crippen LogP contribution in [0.15, 0.2) is 60.7 Å². The van der Waals surface area contributed by atoms with Gasteiger partial charge in [-0.25, -0.2) is 8.78 Å². The number of halogens is 4. The summed E-state index contributed by atoms with van der Waals surface area (Å²) >= 11 is 11.2. The van der Waals surface area contributed by atoms with Crippen LogP contribution in [0.4, 0.5) is 14.5 Å². The monoisotopic (exact) mass is 705 g/mol. The number of anilines is 1. The smallest absolute Gasteiger partial charge is 0.211 e. The molecule has 3 aromatic carbocycles. The van der Waals surface area contributed by atoms with Crippen LogP contribution in [0.5, 0.6) is 5.75 Å². The molecule has 1 fully saturated rings. The summed E-state index contributed by atoms with van der Waals surface area (Å²) in [5.41, 5.74) is 1.86. The van der Waals surface area contributed by atoms with Crippen LogP contribution in [0, 0.1) is 40.2 Å². The van der Waals surface area contributed by atoms with Gasteiger partial charge in [0.1, 0.15) is 23.7 Å². The molecule has 1 saturated carbocycles. The number of hydrogen-bond acceptors (Lipinski definition) is 5.